The van der Waals surface area contributed by atoms with Crippen LogP contribution in [-0.2, 0) is 4.79 Å². The molecule has 1 aliphatic heterocycles. The van der Waals surface area contributed by atoms with Crippen LogP contribution in [0.4, 0.5) is 15.9 Å². The lowest BCUT2D eigenvalue weighted by atomic mass is 10.0. The fourth-order valence-electron chi connectivity index (χ4n) is 3.99. The van der Waals surface area contributed by atoms with Gasteiger partial charge >= 0.3 is 0 Å². The second-order valence-electron chi connectivity index (χ2n) is 7.77. The Morgan fingerprint density at radius 1 is 1.39 bits per heavy atom. The second kappa shape index (κ2) is 9.47. The SMILES string of the molecule is CCC[C@@H](Nc1cc(F)cc(Cl)c1)C(=O)N[C@@H]1CCCN(c2ncnc3[nH]ncc23)C1. The van der Waals surface area contributed by atoms with Crippen LogP contribution in [0, 0.1) is 5.82 Å². The molecule has 0 radical (unpaired) electrons. The van der Waals surface area contributed by atoms with Crippen molar-refractivity contribution in [2.45, 2.75) is 44.7 Å². The number of fused-ring (bicyclic) bond motifs is 1. The Hall–Kier alpha value is -2.94. The predicted octanol–water partition coefficient (Wildman–Crippen LogP) is 3.51. The third-order valence-corrected chi connectivity index (χ3v) is 5.61. The number of hydrogen-bond acceptors (Lipinski definition) is 6. The summed E-state index contributed by atoms with van der Waals surface area (Å²) in [6.07, 6.45) is 6.48. The highest BCUT2D eigenvalue weighted by Crippen LogP contribution is 2.25. The van der Waals surface area contributed by atoms with Crippen molar-refractivity contribution in [1.82, 2.24) is 25.5 Å². The van der Waals surface area contributed by atoms with Crippen LogP contribution in [0.15, 0.2) is 30.7 Å². The maximum Gasteiger partial charge on any atom is 0.242 e. The molecule has 0 spiro atoms. The Morgan fingerprint density at radius 2 is 2.26 bits per heavy atom. The number of nitrogens with one attached hydrogen (secondary N) is 3. The first-order valence-electron chi connectivity index (χ1n) is 10.5. The van der Waals surface area contributed by atoms with Gasteiger partial charge in [-0.15, -0.1) is 0 Å². The molecule has 4 rings (SSSR count). The smallest absolute Gasteiger partial charge is 0.242 e. The lowest BCUT2D eigenvalue weighted by Gasteiger charge is -2.35. The molecule has 3 aromatic rings. The van der Waals surface area contributed by atoms with E-state index in [9.17, 15) is 9.18 Å². The number of carbonyl (C=O) groups excluding carboxylic acids is 1. The van der Waals surface area contributed by atoms with Gasteiger partial charge in [0.1, 0.15) is 24.0 Å². The van der Waals surface area contributed by atoms with Crippen molar-refractivity contribution >= 4 is 40.0 Å². The Morgan fingerprint density at radius 3 is 3.06 bits per heavy atom. The first-order valence-corrected chi connectivity index (χ1v) is 10.8. The van der Waals surface area contributed by atoms with E-state index >= 15 is 0 Å². The van der Waals surface area contributed by atoms with Crippen molar-refractivity contribution in [3.05, 3.63) is 41.6 Å². The fraction of sp³-hybridized carbons (Fsp3) is 0.429. The number of anilines is 2. The molecule has 1 fully saturated rings. The van der Waals surface area contributed by atoms with Crippen molar-refractivity contribution in [2.24, 2.45) is 0 Å². The molecule has 31 heavy (non-hydrogen) atoms. The maximum absolute atomic E-state index is 13.7. The summed E-state index contributed by atoms with van der Waals surface area (Å²) in [5.74, 6) is 0.268. The summed E-state index contributed by atoms with van der Waals surface area (Å²) in [4.78, 5) is 23.8. The minimum Gasteiger partial charge on any atom is -0.374 e. The summed E-state index contributed by atoms with van der Waals surface area (Å²) in [5, 5.41) is 14.4. The van der Waals surface area contributed by atoms with Crippen LogP contribution in [-0.4, -0.2) is 51.2 Å². The molecule has 164 valence electrons. The number of carbonyl (C=O) groups is 1. The van der Waals surface area contributed by atoms with E-state index in [-0.39, 0.29) is 17.0 Å². The molecule has 1 amide bonds. The van der Waals surface area contributed by atoms with Crippen LogP contribution in [0.1, 0.15) is 32.6 Å². The van der Waals surface area contributed by atoms with Crippen LogP contribution in [0.3, 0.4) is 0 Å². The molecule has 3 heterocycles. The molecular formula is C21H25ClFN7O. The Labute approximate surface area is 184 Å². The van der Waals surface area contributed by atoms with Crippen molar-refractivity contribution in [1.29, 1.82) is 0 Å². The molecule has 2 atom stereocenters. The highest BCUT2D eigenvalue weighted by atomic mass is 35.5. The van der Waals surface area contributed by atoms with E-state index in [1.807, 2.05) is 6.92 Å². The zero-order valence-corrected chi connectivity index (χ0v) is 18.0. The van der Waals surface area contributed by atoms with Crippen LogP contribution >= 0.6 is 11.6 Å². The molecule has 1 saturated heterocycles. The van der Waals surface area contributed by atoms with Crippen LogP contribution in [0.25, 0.3) is 11.0 Å². The van der Waals surface area contributed by atoms with E-state index in [1.54, 1.807) is 12.3 Å². The number of rotatable bonds is 7. The quantitative estimate of drug-likeness (QED) is 0.514. The van der Waals surface area contributed by atoms with Crippen LogP contribution < -0.4 is 15.5 Å². The van der Waals surface area contributed by atoms with Gasteiger partial charge in [0, 0.05) is 29.8 Å². The molecule has 10 heteroatoms. The Kier molecular flexibility index (Phi) is 6.50. The van der Waals surface area contributed by atoms with E-state index in [1.165, 1.54) is 18.5 Å². The van der Waals surface area contributed by atoms with Gasteiger partial charge in [-0.05, 0) is 37.5 Å². The standard InChI is InChI=1S/C21H25ClFN7O/c1-2-4-18(27-16-8-13(22)7-14(23)9-16)21(31)28-15-5-3-6-30(11-15)20-17-10-26-29-19(17)24-12-25-20/h7-10,12,15,18,27H,2-6,11H2,1H3,(H,28,31)(H,24,25,26,29)/t15-,18-/m1/s1. The highest BCUT2D eigenvalue weighted by molar-refractivity contribution is 6.30. The van der Waals surface area contributed by atoms with Gasteiger partial charge in [-0.3, -0.25) is 9.89 Å². The molecule has 3 N–H and O–H groups in total. The molecule has 0 aliphatic carbocycles. The van der Waals surface area contributed by atoms with E-state index in [2.05, 4.69) is 35.7 Å². The van der Waals surface area contributed by atoms with Crippen molar-refractivity contribution in [3.8, 4) is 0 Å². The molecule has 0 saturated carbocycles. The van der Waals surface area contributed by atoms with Gasteiger partial charge in [0.2, 0.25) is 5.91 Å². The molecular weight excluding hydrogens is 421 g/mol. The lowest BCUT2D eigenvalue weighted by Crippen LogP contribution is -2.51. The minimum absolute atomic E-state index is 0.0181. The first-order chi connectivity index (χ1) is 15.0. The average Bonchev–Trinajstić information content (AvgIpc) is 3.22. The van der Waals surface area contributed by atoms with E-state index in [0.717, 1.165) is 37.0 Å². The number of aromatic amines is 1. The lowest BCUT2D eigenvalue weighted by molar-refractivity contribution is -0.122. The predicted molar refractivity (Wildman–Crippen MR) is 119 cm³/mol. The number of amides is 1. The number of halogens is 2. The number of piperidine rings is 1. The summed E-state index contributed by atoms with van der Waals surface area (Å²) in [6.45, 7) is 3.50. The van der Waals surface area contributed by atoms with E-state index in [4.69, 9.17) is 11.6 Å². The van der Waals surface area contributed by atoms with E-state index in [0.29, 0.717) is 24.3 Å². The third kappa shape index (κ3) is 5.04. The largest absolute Gasteiger partial charge is 0.374 e. The van der Waals surface area contributed by atoms with Crippen LogP contribution in [0.2, 0.25) is 5.02 Å². The molecule has 1 aliphatic rings. The summed E-state index contributed by atoms with van der Waals surface area (Å²) in [5.41, 5.74) is 1.18. The first kappa shape index (κ1) is 21.3. The summed E-state index contributed by atoms with van der Waals surface area (Å²) in [6, 6.07) is 3.71. The Balaban J connectivity index is 1.44. The minimum atomic E-state index is -0.474. The summed E-state index contributed by atoms with van der Waals surface area (Å²) < 4.78 is 13.7. The third-order valence-electron chi connectivity index (χ3n) is 5.39. The van der Waals surface area contributed by atoms with Gasteiger partial charge in [-0.2, -0.15) is 5.10 Å². The molecule has 0 bridgehead atoms. The van der Waals surface area contributed by atoms with Crippen LogP contribution in [0.5, 0.6) is 0 Å². The number of hydrogen-bond donors (Lipinski definition) is 3. The summed E-state index contributed by atoms with van der Waals surface area (Å²) >= 11 is 5.95. The van der Waals surface area contributed by atoms with Gasteiger partial charge in [-0.25, -0.2) is 14.4 Å². The number of benzene rings is 1. The molecule has 1 aromatic carbocycles. The maximum atomic E-state index is 13.7. The zero-order chi connectivity index (χ0) is 21.8. The molecule has 8 nitrogen and oxygen atoms in total. The van der Waals surface area contributed by atoms with Gasteiger partial charge in [-0.1, -0.05) is 24.9 Å². The highest BCUT2D eigenvalue weighted by Gasteiger charge is 2.26. The summed E-state index contributed by atoms with van der Waals surface area (Å²) in [7, 11) is 0. The van der Waals surface area contributed by atoms with Gasteiger partial charge in [0.15, 0.2) is 5.65 Å². The number of H-pyrrole nitrogens is 1. The van der Waals surface area contributed by atoms with Crippen molar-refractivity contribution < 1.29 is 9.18 Å². The van der Waals surface area contributed by atoms with Crippen molar-refractivity contribution in [3.63, 3.8) is 0 Å². The topological polar surface area (TPSA) is 98.8 Å². The van der Waals surface area contributed by atoms with Gasteiger partial charge in [0.05, 0.1) is 11.6 Å². The number of aromatic nitrogens is 4. The normalized spacial score (nSPS) is 17.5. The monoisotopic (exact) mass is 445 g/mol. The molecule has 2 aromatic heterocycles. The second-order valence-corrected chi connectivity index (χ2v) is 8.20. The van der Waals surface area contributed by atoms with Gasteiger partial charge in [0.25, 0.3) is 0 Å². The van der Waals surface area contributed by atoms with E-state index < -0.39 is 11.9 Å². The molecule has 0 unspecified atom stereocenters. The average molecular weight is 446 g/mol. The van der Waals surface area contributed by atoms with Crippen molar-refractivity contribution in [2.75, 3.05) is 23.3 Å². The zero-order valence-electron chi connectivity index (χ0n) is 17.2. The Bertz CT molecular complexity index is 1040. The van der Waals surface area contributed by atoms with Gasteiger partial charge < -0.3 is 15.5 Å². The number of nitrogens with zero attached hydrogens (tertiary/aromatic N) is 4. The fourth-order valence-corrected chi connectivity index (χ4v) is 4.21.